The first kappa shape index (κ1) is 25.2. The molecule has 0 bridgehead atoms. The molecule has 2 aromatic carbocycles. The molecule has 174 valence electrons. The zero-order valence-electron chi connectivity index (χ0n) is 19.2. The number of carboxylic acids is 1. The van der Waals surface area contributed by atoms with E-state index in [1.165, 1.54) is 39.2 Å². The molecule has 1 aliphatic rings. The van der Waals surface area contributed by atoms with Crippen molar-refractivity contribution in [1.82, 2.24) is 5.32 Å². The molecule has 0 atom stereocenters. The Morgan fingerprint density at radius 2 is 1.75 bits per heavy atom. The molecule has 1 aliphatic carbocycles. The van der Waals surface area contributed by atoms with Gasteiger partial charge in [0.2, 0.25) is 0 Å². The van der Waals surface area contributed by atoms with Gasteiger partial charge in [-0.1, -0.05) is 37.5 Å². The summed E-state index contributed by atoms with van der Waals surface area (Å²) >= 11 is 0. The molecule has 7 nitrogen and oxygen atoms in total. The van der Waals surface area contributed by atoms with Crippen LogP contribution in [-0.4, -0.2) is 44.5 Å². The second-order valence-corrected chi connectivity index (χ2v) is 7.84. The summed E-state index contributed by atoms with van der Waals surface area (Å²) in [6.07, 6.45) is 6.31. The molecule has 2 N–H and O–H groups in total. The molecule has 1 fully saturated rings. The number of amides is 2. The van der Waals surface area contributed by atoms with E-state index in [0.717, 1.165) is 29.2 Å². The number of aliphatic carboxylic acids is 1. The third-order valence-corrected chi connectivity index (χ3v) is 5.40. The molecule has 0 aromatic heterocycles. The molecule has 0 unspecified atom stereocenters. The Bertz CT molecular complexity index is 851. The molecule has 2 aromatic rings. The van der Waals surface area contributed by atoms with Crippen molar-refractivity contribution in [3.63, 3.8) is 0 Å². The van der Waals surface area contributed by atoms with Crippen LogP contribution in [0.1, 0.15) is 37.7 Å². The van der Waals surface area contributed by atoms with Gasteiger partial charge < -0.3 is 19.9 Å². The second kappa shape index (κ2) is 13.4. The zero-order valence-corrected chi connectivity index (χ0v) is 19.2. The maximum Gasteiger partial charge on any atom is 0.329 e. The summed E-state index contributed by atoms with van der Waals surface area (Å²) < 4.78 is 9.51. The van der Waals surface area contributed by atoms with E-state index >= 15 is 0 Å². The lowest BCUT2D eigenvalue weighted by molar-refractivity contribution is -0.141. The van der Waals surface area contributed by atoms with E-state index < -0.39 is 5.97 Å². The number of aryl methyl sites for hydroxylation is 1. The van der Waals surface area contributed by atoms with E-state index in [-0.39, 0.29) is 12.6 Å². The van der Waals surface area contributed by atoms with Gasteiger partial charge in [-0.2, -0.15) is 0 Å². The van der Waals surface area contributed by atoms with E-state index in [4.69, 9.17) is 9.84 Å². The molecule has 7 heteroatoms. The first-order valence-electron chi connectivity index (χ1n) is 10.9. The summed E-state index contributed by atoms with van der Waals surface area (Å²) in [4.78, 5) is 24.3. The molecular weight excluding hydrogens is 408 g/mol. The van der Waals surface area contributed by atoms with Gasteiger partial charge in [0.1, 0.15) is 12.4 Å². The van der Waals surface area contributed by atoms with E-state index in [0.29, 0.717) is 5.92 Å². The monoisotopic (exact) mass is 442 g/mol. The second-order valence-electron chi connectivity index (χ2n) is 7.84. The fourth-order valence-electron chi connectivity index (χ4n) is 3.77. The molecule has 0 saturated heterocycles. The van der Waals surface area contributed by atoms with Gasteiger partial charge in [0.05, 0.1) is 18.5 Å². The van der Waals surface area contributed by atoms with E-state index in [2.05, 4.69) is 10.1 Å². The Morgan fingerprint density at radius 3 is 2.28 bits per heavy atom. The number of para-hydroxylation sites is 1. The number of nitrogens with one attached hydrogen (secondary N) is 1. The smallest absolute Gasteiger partial charge is 0.329 e. The predicted molar refractivity (Wildman–Crippen MR) is 126 cm³/mol. The van der Waals surface area contributed by atoms with E-state index in [1.807, 2.05) is 55.5 Å². The predicted octanol–water partition coefficient (Wildman–Crippen LogP) is 5.15. The lowest BCUT2D eigenvalue weighted by atomic mass is 9.89. The molecule has 1 saturated carbocycles. The molecule has 0 radical (unpaired) electrons. The van der Waals surface area contributed by atoms with Gasteiger partial charge in [-0.05, 0) is 61.6 Å². The van der Waals surface area contributed by atoms with Crippen LogP contribution in [0.4, 0.5) is 16.2 Å². The number of methoxy groups -OCH3 is 2. The normalized spacial score (nSPS) is 13.5. The molecular formula is C25H34N2O5. The number of carboxylic acid groups (broad SMARTS) is 1. The van der Waals surface area contributed by atoms with Crippen molar-refractivity contribution in [2.75, 3.05) is 32.3 Å². The minimum atomic E-state index is -0.933. The van der Waals surface area contributed by atoms with Gasteiger partial charge in [0.25, 0.3) is 0 Å². The first-order valence-corrected chi connectivity index (χ1v) is 10.9. The highest BCUT2D eigenvalue weighted by Gasteiger charge is 2.21. The Morgan fingerprint density at radius 1 is 1.06 bits per heavy atom. The van der Waals surface area contributed by atoms with Gasteiger partial charge in [-0.15, -0.1) is 0 Å². The van der Waals surface area contributed by atoms with Crippen LogP contribution in [-0.2, 0) is 9.53 Å². The lowest BCUT2D eigenvalue weighted by Gasteiger charge is -2.27. The average molecular weight is 443 g/mol. The number of benzene rings is 2. The average Bonchev–Trinajstić information content (AvgIpc) is 2.80. The van der Waals surface area contributed by atoms with Gasteiger partial charge >= 0.3 is 12.0 Å². The van der Waals surface area contributed by atoms with Crippen LogP contribution >= 0.6 is 0 Å². The van der Waals surface area contributed by atoms with Crippen molar-refractivity contribution in [3.8, 4) is 5.75 Å². The molecule has 0 aliphatic heterocycles. The number of nitrogens with zero attached hydrogens (tertiary/aromatic N) is 1. The van der Waals surface area contributed by atoms with Crippen LogP contribution < -0.4 is 15.0 Å². The van der Waals surface area contributed by atoms with Crippen LogP contribution in [0, 0.1) is 12.8 Å². The Hall–Kier alpha value is -3.06. The summed E-state index contributed by atoms with van der Waals surface area (Å²) in [7, 11) is 2.99. The topological polar surface area (TPSA) is 88.1 Å². The number of urea groups is 1. The first-order chi connectivity index (χ1) is 15.5. The summed E-state index contributed by atoms with van der Waals surface area (Å²) in [5.74, 6) is 0.460. The molecule has 3 rings (SSSR count). The SMILES string of the molecule is COCC(=O)O.COc1ccc(N(C(=O)NCC2CCCCC2)c2ccccc2)c(C)c1. The van der Waals surface area contributed by atoms with E-state index in [1.54, 1.807) is 12.0 Å². The molecule has 0 spiro atoms. The maximum atomic E-state index is 13.1. The van der Waals surface area contributed by atoms with Crippen molar-refractivity contribution in [2.45, 2.75) is 39.0 Å². The number of hydrogen-bond acceptors (Lipinski definition) is 4. The fourth-order valence-corrected chi connectivity index (χ4v) is 3.77. The van der Waals surface area contributed by atoms with Crippen LogP contribution in [0.25, 0.3) is 0 Å². The van der Waals surface area contributed by atoms with Crippen LogP contribution in [0.15, 0.2) is 48.5 Å². The molecule has 0 heterocycles. The highest BCUT2D eigenvalue weighted by atomic mass is 16.5. The van der Waals surface area contributed by atoms with Crippen molar-refractivity contribution >= 4 is 23.4 Å². The minimum absolute atomic E-state index is 0.0740. The third-order valence-electron chi connectivity index (χ3n) is 5.40. The largest absolute Gasteiger partial charge is 0.497 e. The highest BCUT2D eigenvalue weighted by Crippen LogP contribution is 2.31. The zero-order chi connectivity index (χ0) is 23.3. The van der Waals surface area contributed by atoms with Gasteiger partial charge in [0, 0.05) is 13.7 Å². The van der Waals surface area contributed by atoms with Crippen LogP contribution in [0.3, 0.4) is 0 Å². The third kappa shape index (κ3) is 7.89. The van der Waals surface area contributed by atoms with Gasteiger partial charge in [0.15, 0.2) is 0 Å². The summed E-state index contributed by atoms with van der Waals surface area (Å²) in [5.41, 5.74) is 2.74. The van der Waals surface area contributed by atoms with Crippen LogP contribution in [0.5, 0.6) is 5.75 Å². The minimum Gasteiger partial charge on any atom is -0.497 e. The van der Waals surface area contributed by atoms with Gasteiger partial charge in [-0.3, -0.25) is 4.90 Å². The molecule has 32 heavy (non-hydrogen) atoms. The quantitative estimate of drug-likeness (QED) is 0.619. The lowest BCUT2D eigenvalue weighted by Crippen LogP contribution is -2.40. The Kier molecular flexibility index (Phi) is 10.5. The highest BCUT2D eigenvalue weighted by molar-refractivity contribution is 6.00. The number of hydrogen-bond donors (Lipinski definition) is 2. The van der Waals surface area contributed by atoms with E-state index in [9.17, 15) is 9.59 Å². The maximum absolute atomic E-state index is 13.1. The van der Waals surface area contributed by atoms with Gasteiger partial charge in [-0.25, -0.2) is 9.59 Å². The summed E-state index contributed by atoms with van der Waals surface area (Å²) in [6, 6.07) is 15.5. The summed E-state index contributed by atoms with van der Waals surface area (Å²) in [5, 5.41) is 10.9. The fraction of sp³-hybridized carbons (Fsp3) is 0.440. The molecule has 2 amide bonds. The number of carbonyl (C=O) groups is 2. The standard InChI is InChI=1S/C22H28N2O2.C3H6O3/c1-17-15-20(26-2)13-14-21(17)24(19-11-7-4-8-12-19)22(25)23-16-18-9-5-3-6-10-18;1-6-2-3(4)5/h4,7-8,11-15,18H,3,5-6,9-10,16H2,1-2H3,(H,23,25);2H2,1H3,(H,4,5). The summed E-state index contributed by atoms with van der Waals surface area (Å²) in [6.45, 7) is 2.54. The van der Waals surface area contributed by atoms with Crippen LogP contribution in [0.2, 0.25) is 0 Å². The van der Waals surface area contributed by atoms with Crippen molar-refractivity contribution < 1.29 is 24.2 Å². The Balaban J connectivity index is 0.000000534. The van der Waals surface area contributed by atoms with Crippen molar-refractivity contribution in [1.29, 1.82) is 0 Å². The number of carbonyl (C=O) groups excluding carboxylic acids is 1. The number of anilines is 2. The van der Waals surface area contributed by atoms with Crippen molar-refractivity contribution in [2.24, 2.45) is 5.92 Å². The Labute approximate surface area is 190 Å². The van der Waals surface area contributed by atoms with Crippen molar-refractivity contribution in [3.05, 3.63) is 54.1 Å². The number of ether oxygens (including phenoxy) is 2. The number of rotatable bonds is 7.